The average molecular weight is 215 g/mol. The summed E-state index contributed by atoms with van der Waals surface area (Å²) in [5.41, 5.74) is -0.557. The highest BCUT2D eigenvalue weighted by Gasteiger charge is 2.34. The smallest absolute Gasteiger partial charge is 0.408 e. The maximum Gasteiger partial charge on any atom is 0.408 e. The van der Waals surface area contributed by atoms with Crippen LogP contribution in [0.2, 0.25) is 0 Å². The number of hydrogen-bond acceptors (Lipinski definition) is 4. The van der Waals surface area contributed by atoms with Gasteiger partial charge in [0.25, 0.3) is 0 Å². The Hall–Kier alpha value is -1.26. The SMILES string of the molecule is C[C@@H]1C[C@H](NC(=O)OC(C)(C)C)C(=O)O1. The van der Waals surface area contributed by atoms with Crippen molar-refractivity contribution in [2.75, 3.05) is 0 Å². The lowest BCUT2D eigenvalue weighted by molar-refractivity contribution is -0.142. The molecule has 1 amide bonds. The largest absolute Gasteiger partial charge is 0.461 e. The van der Waals surface area contributed by atoms with Gasteiger partial charge in [0.2, 0.25) is 0 Å². The van der Waals surface area contributed by atoms with Crippen LogP contribution in [0.4, 0.5) is 4.79 Å². The zero-order valence-electron chi connectivity index (χ0n) is 9.49. The number of nitrogens with one attached hydrogen (secondary N) is 1. The van der Waals surface area contributed by atoms with E-state index < -0.39 is 23.7 Å². The molecule has 1 fully saturated rings. The van der Waals surface area contributed by atoms with E-state index in [1.807, 2.05) is 0 Å². The molecule has 0 spiro atoms. The van der Waals surface area contributed by atoms with Crippen LogP contribution in [0.1, 0.15) is 34.1 Å². The van der Waals surface area contributed by atoms with Gasteiger partial charge in [-0.3, -0.25) is 0 Å². The molecule has 0 bridgehead atoms. The molecule has 5 heteroatoms. The lowest BCUT2D eigenvalue weighted by Crippen LogP contribution is -2.41. The van der Waals surface area contributed by atoms with E-state index in [0.717, 1.165) is 0 Å². The fourth-order valence-electron chi connectivity index (χ4n) is 1.32. The van der Waals surface area contributed by atoms with Gasteiger partial charge in [0.15, 0.2) is 0 Å². The van der Waals surface area contributed by atoms with Crippen LogP contribution in [0, 0.1) is 0 Å². The average Bonchev–Trinajstić information content (AvgIpc) is 2.25. The molecular formula is C10H17NO4. The van der Waals surface area contributed by atoms with Crippen molar-refractivity contribution < 1.29 is 19.1 Å². The molecule has 0 aliphatic carbocycles. The Morgan fingerprint density at radius 2 is 2.13 bits per heavy atom. The summed E-state index contributed by atoms with van der Waals surface area (Å²) in [4.78, 5) is 22.5. The molecule has 1 N–H and O–H groups in total. The van der Waals surface area contributed by atoms with Crippen molar-refractivity contribution in [3.05, 3.63) is 0 Å². The van der Waals surface area contributed by atoms with Gasteiger partial charge in [0.05, 0.1) is 0 Å². The van der Waals surface area contributed by atoms with Crippen LogP contribution >= 0.6 is 0 Å². The Morgan fingerprint density at radius 1 is 1.53 bits per heavy atom. The number of hydrogen-bond donors (Lipinski definition) is 1. The third kappa shape index (κ3) is 3.77. The fourth-order valence-corrected chi connectivity index (χ4v) is 1.32. The van der Waals surface area contributed by atoms with E-state index in [-0.39, 0.29) is 6.10 Å². The van der Waals surface area contributed by atoms with E-state index in [4.69, 9.17) is 9.47 Å². The van der Waals surface area contributed by atoms with Gasteiger partial charge in [0, 0.05) is 6.42 Å². The summed E-state index contributed by atoms with van der Waals surface area (Å²) in [6.07, 6.45) is -0.228. The number of cyclic esters (lactones) is 1. The normalized spacial score (nSPS) is 26.0. The van der Waals surface area contributed by atoms with Crippen LogP contribution in [0.15, 0.2) is 0 Å². The monoisotopic (exact) mass is 215 g/mol. The highest BCUT2D eigenvalue weighted by atomic mass is 16.6. The van der Waals surface area contributed by atoms with E-state index >= 15 is 0 Å². The molecule has 1 heterocycles. The quantitative estimate of drug-likeness (QED) is 0.668. The highest BCUT2D eigenvalue weighted by molar-refractivity contribution is 5.83. The Morgan fingerprint density at radius 3 is 2.53 bits per heavy atom. The molecule has 1 aliphatic heterocycles. The molecule has 0 aromatic carbocycles. The summed E-state index contributed by atoms with van der Waals surface area (Å²) in [5, 5.41) is 2.48. The second kappa shape index (κ2) is 4.08. The van der Waals surface area contributed by atoms with Crippen molar-refractivity contribution in [1.29, 1.82) is 0 Å². The van der Waals surface area contributed by atoms with Gasteiger partial charge >= 0.3 is 12.1 Å². The van der Waals surface area contributed by atoms with E-state index in [2.05, 4.69) is 5.32 Å². The summed E-state index contributed by atoms with van der Waals surface area (Å²) >= 11 is 0. The summed E-state index contributed by atoms with van der Waals surface area (Å²) < 4.78 is 9.92. The van der Waals surface area contributed by atoms with Crippen LogP contribution < -0.4 is 5.32 Å². The third-order valence-electron chi connectivity index (χ3n) is 1.86. The second-order valence-electron chi connectivity index (χ2n) is 4.68. The molecule has 1 aliphatic rings. The first-order valence-corrected chi connectivity index (χ1v) is 4.98. The molecule has 0 aromatic rings. The molecule has 1 saturated heterocycles. The molecule has 86 valence electrons. The van der Waals surface area contributed by atoms with Gasteiger partial charge in [-0.15, -0.1) is 0 Å². The number of ether oxygens (including phenoxy) is 2. The Balaban J connectivity index is 2.42. The predicted molar refractivity (Wildman–Crippen MR) is 53.3 cm³/mol. The minimum atomic E-state index is -0.585. The van der Waals surface area contributed by atoms with Crippen LogP contribution in [-0.4, -0.2) is 29.8 Å². The van der Waals surface area contributed by atoms with Gasteiger partial charge in [-0.25, -0.2) is 9.59 Å². The van der Waals surface area contributed by atoms with Crippen LogP contribution in [0.5, 0.6) is 0 Å². The lowest BCUT2D eigenvalue weighted by atomic mass is 10.2. The molecule has 0 aromatic heterocycles. The highest BCUT2D eigenvalue weighted by Crippen LogP contribution is 2.15. The first kappa shape index (κ1) is 11.8. The zero-order valence-corrected chi connectivity index (χ0v) is 9.49. The maximum atomic E-state index is 11.3. The van der Waals surface area contributed by atoms with Crippen LogP contribution in [-0.2, 0) is 14.3 Å². The van der Waals surface area contributed by atoms with Crippen molar-refractivity contribution in [3.8, 4) is 0 Å². The lowest BCUT2D eigenvalue weighted by Gasteiger charge is -2.20. The number of carbonyl (C=O) groups is 2. The minimum Gasteiger partial charge on any atom is -0.461 e. The third-order valence-corrected chi connectivity index (χ3v) is 1.86. The number of esters is 1. The van der Waals surface area contributed by atoms with Gasteiger partial charge in [-0.05, 0) is 27.7 Å². The molecule has 1 rings (SSSR count). The van der Waals surface area contributed by atoms with Gasteiger partial charge in [-0.2, -0.15) is 0 Å². The van der Waals surface area contributed by atoms with E-state index in [0.29, 0.717) is 6.42 Å². The number of rotatable bonds is 1. The molecule has 15 heavy (non-hydrogen) atoms. The predicted octanol–water partition coefficient (Wildman–Crippen LogP) is 1.22. The van der Waals surface area contributed by atoms with Crippen molar-refractivity contribution in [2.24, 2.45) is 0 Å². The summed E-state index contributed by atoms with van der Waals surface area (Å²) in [6, 6.07) is -0.574. The topological polar surface area (TPSA) is 64.6 Å². The number of amides is 1. The summed E-state index contributed by atoms with van der Waals surface area (Å²) in [6.45, 7) is 7.08. The summed E-state index contributed by atoms with van der Waals surface area (Å²) in [7, 11) is 0. The minimum absolute atomic E-state index is 0.141. The van der Waals surface area contributed by atoms with Gasteiger partial charge in [-0.1, -0.05) is 0 Å². The zero-order chi connectivity index (χ0) is 11.6. The second-order valence-corrected chi connectivity index (χ2v) is 4.68. The van der Waals surface area contributed by atoms with Gasteiger partial charge < -0.3 is 14.8 Å². The van der Waals surface area contributed by atoms with Crippen LogP contribution in [0.3, 0.4) is 0 Å². The van der Waals surface area contributed by atoms with E-state index in [1.165, 1.54) is 0 Å². The van der Waals surface area contributed by atoms with Crippen molar-refractivity contribution in [1.82, 2.24) is 5.32 Å². The molecule has 2 atom stereocenters. The Labute approximate surface area is 89.1 Å². The first-order valence-electron chi connectivity index (χ1n) is 4.98. The Kier molecular flexibility index (Phi) is 3.21. The fraction of sp³-hybridized carbons (Fsp3) is 0.800. The first-order chi connectivity index (χ1) is 6.78. The Bertz CT molecular complexity index is 269. The van der Waals surface area contributed by atoms with Crippen molar-refractivity contribution in [2.45, 2.75) is 51.9 Å². The molecule has 0 radical (unpaired) electrons. The molecule has 0 saturated carbocycles. The molecule has 5 nitrogen and oxygen atoms in total. The molecule has 0 unspecified atom stereocenters. The number of alkyl carbamates (subject to hydrolysis) is 1. The number of carbonyl (C=O) groups excluding carboxylic acids is 2. The van der Waals surface area contributed by atoms with Crippen molar-refractivity contribution >= 4 is 12.1 Å². The van der Waals surface area contributed by atoms with Crippen molar-refractivity contribution in [3.63, 3.8) is 0 Å². The standard InChI is InChI=1S/C10H17NO4/c1-6-5-7(8(12)14-6)11-9(13)15-10(2,3)4/h6-7H,5H2,1-4H3,(H,11,13)/t6-,7+/m1/s1. The summed E-state index contributed by atoms with van der Waals surface area (Å²) in [5.74, 6) is -0.395. The molecular weight excluding hydrogens is 198 g/mol. The van der Waals surface area contributed by atoms with E-state index in [9.17, 15) is 9.59 Å². The van der Waals surface area contributed by atoms with E-state index in [1.54, 1.807) is 27.7 Å². The van der Waals surface area contributed by atoms with Gasteiger partial charge in [0.1, 0.15) is 17.7 Å². The maximum absolute atomic E-state index is 11.3. The van der Waals surface area contributed by atoms with Crippen LogP contribution in [0.25, 0.3) is 0 Å².